The van der Waals surface area contributed by atoms with Crippen LogP contribution < -0.4 is 0 Å². The van der Waals surface area contributed by atoms with Crippen LogP contribution in [0, 0.1) is 0 Å². The van der Waals surface area contributed by atoms with Crippen molar-refractivity contribution in [3.8, 4) is 0 Å². The van der Waals surface area contributed by atoms with E-state index in [4.69, 9.17) is 0 Å². The third-order valence-corrected chi connectivity index (χ3v) is 5.09. The topological polar surface area (TPSA) is 13.0 Å². The Morgan fingerprint density at radius 1 is 0.733 bits per heavy atom. The second-order valence-electron chi connectivity index (χ2n) is 5.51. The van der Waals surface area contributed by atoms with E-state index in [9.17, 15) is 0 Å². The fraction of sp³-hybridized carbons (Fsp3) is 1.00. The van der Waals surface area contributed by atoms with Gasteiger partial charge in [-0.25, -0.2) is 0 Å². The highest BCUT2D eigenvalue weighted by atomic mass is 15.6. The van der Waals surface area contributed by atoms with Gasteiger partial charge in [-0.05, 0) is 6.92 Å². The van der Waals surface area contributed by atoms with Gasteiger partial charge in [0.15, 0.2) is 0 Å². The van der Waals surface area contributed by atoms with Crippen LogP contribution in [0.15, 0.2) is 0 Å². The van der Waals surface area contributed by atoms with Gasteiger partial charge in [-0.2, -0.15) is 0 Å². The lowest BCUT2D eigenvalue weighted by Gasteiger charge is -2.57. The normalized spacial score (nSPS) is 47.4. The third-order valence-electron chi connectivity index (χ3n) is 5.09. The summed E-state index contributed by atoms with van der Waals surface area (Å²) in [6.45, 7) is 12.7. The molecule has 0 bridgehead atoms. The molecule has 4 heterocycles. The van der Waals surface area contributed by atoms with Crippen molar-refractivity contribution in [1.82, 2.24) is 19.6 Å². The van der Waals surface area contributed by atoms with Crippen molar-refractivity contribution in [3.05, 3.63) is 0 Å². The average Bonchev–Trinajstić information content (AvgIpc) is 2.75. The Morgan fingerprint density at radius 2 is 1.13 bits per heavy atom. The highest BCUT2D eigenvalue weighted by molar-refractivity contribution is 5.10. The van der Waals surface area contributed by atoms with Gasteiger partial charge in [-0.1, -0.05) is 0 Å². The second kappa shape index (κ2) is 2.74. The van der Waals surface area contributed by atoms with Crippen molar-refractivity contribution >= 4 is 0 Å². The lowest BCUT2D eigenvalue weighted by atomic mass is 10.00. The molecule has 0 spiro atoms. The Labute approximate surface area is 91.4 Å². The minimum Gasteiger partial charge on any atom is -0.283 e. The predicted molar refractivity (Wildman–Crippen MR) is 58.5 cm³/mol. The van der Waals surface area contributed by atoms with Crippen LogP contribution in [-0.4, -0.2) is 83.8 Å². The van der Waals surface area contributed by atoms with Gasteiger partial charge in [0.1, 0.15) is 5.66 Å². The molecule has 0 atom stereocenters. The molecular formula is C11H20N4. The molecule has 4 saturated heterocycles. The summed E-state index contributed by atoms with van der Waals surface area (Å²) < 4.78 is 0. The Bertz CT molecular complexity index is 268. The molecule has 15 heavy (non-hydrogen) atoms. The molecule has 0 aromatic heterocycles. The van der Waals surface area contributed by atoms with Crippen molar-refractivity contribution in [2.24, 2.45) is 0 Å². The molecule has 4 aliphatic rings. The highest BCUT2D eigenvalue weighted by Gasteiger charge is 2.58. The minimum atomic E-state index is 0.326. The molecule has 0 N–H and O–H groups in total. The standard InChI is InChI=1S/C11H20N4/c1-11-10-12-2-3-13(10)5-7-15(11)9-8-14(11)6-4-12/h10H,2-9H2,1H3/t10-,11+. The molecule has 0 aliphatic carbocycles. The summed E-state index contributed by atoms with van der Waals surface area (Å²) in [5.41, 5.74) is 0.326. The largest absolute Gasteiger partial charge is 0.283 e. The van der Waals surface area contributed by atoms with E-state index in [0.29, 0.717) is 11.8 Å². The summed E-state index contributed by atoms with van der Waals surface area (Å²) in [4.78, 5) is 10.8. The van der Waals surface area contributed by atoms with Gasteiger partial charge in [0.2, 0.25) is 0 Å². The van der Waals surface area contributed by atoms with E-state index < -0.39 is 0 Å². The van der Waals surface area contributed by atoms with Crippen molar-refractivity contribution < 1.29 is 0 Å². The van der Waals surface area contributed by atoms with Crippen LogP contribution in [0.3, 0.4) is 0 Å². The number of hydrogen-bond acceptors (Lipinski definition) is 4. The fourth-order valence-electron chi connectivity index (χ4n) is 4.29. The van der Waals surface area contributed by atoms with Gasteiger partial charge in [0.25, 0.3) is 0 Å². The zero-order chi connectivity index (χ0) is 10.0. The minimum absolute atomic E-state index is 0.326. The Balaban J connectivity index is 1.80. The van der Waals surface area contributed by atoms with Crippen LogP contribution in [0.2, 0.25) is 0 Å². The molecule has 0 aromatic rings. The fourth-order valence-corrected chi connectivity index (χ4v) is 4.29. The lowest BCUT2D eigenvalue weighted by Crippen LogP contribution is -2.74. The maximum atomic E-state index is 2.71. The number of piperazine rings is 2. The SMILES string of the molecule is C[C@]12[C@H]3N4CCN3CCN1CCN2CC4. The van der Waals surface area contributed by atoms with Gasteiger partial charge in [0, 0.05) is 52.4 Å². The highest BCUT2D eigenvalue weighted by Crippen LogP contribution is 2.41. The zero-order valence-corrected chi connectivity index (χ0v) is 9.52. The maximum Gasteiger partial charge on any atom is 0.101 e. The molecule has 4 fully saturated rings. The van der Waals surface area contributed by atoms with Crippen LogP contribution in [0.25, 0.3) is 0 Å². The quantitative estimate of drug-likeness (QED) is 0.521. The van der Waals surface area contributed by atoms with E-state index in [-0.39, 0.29) is 0 Å². The van der Waals surface area contributed by atoms with Crippen LogP contribution in [0.4, 0.5) is 0 Å². The van der Waals surface area contributed by atoms with Crippen molar-refractivity contribution in [3.63, 3.8) is 0 Å². The maximum absolute atomic E-state index is 2.71. The van der Waals surface area contributed by atoms with Crippen molar-refractivity contribution in [2.45, 2.75) is 18.8 Å². The second-order valence-corrected chi connectivity index (χ2v) is 5.51. The first-order valence-electron chi connectivity index (χ1n) is 6.28. The summed E-state index contributed by atoms with van der Waals surface area (Å²) in [5.74, 6) is 0. The number of nitrogens with zero attached hydrogens (tertiary/aromatic N) is 4. The van der Waals surface area contributed by atoms with E-state index in [1.54, 1.807) is 0 Å². The monoisotopic (exact) mass is 208 g/mol. The first-order valence-corrected chi connectivity index (χ1v) is 6.28. The lowest BCUT2D eigenvalue weighted by molar-refractivity contribution is -0.142. The molecule has 0 saturated carbocycles. The number of hydrogen-bond donors (Lipinski definition) is 0. The van der Waals surface area contributed by atoms with E-state index >= 15 is 0 Å². The van der Waals surface area contributed by atoms with E-state index in [1.165, 1.54) is 52.4 Å². The summed E-state index contributed by atoms with van der Waals surface area (Å²) in [7, 11) is 0. The van der Waals surface area contributed by atoms with Crippen molar-refractivity contribution in [2.75, 3.05) is 52.4 Å². The molecule has 4 nitrogen and oxygen atoms in total. The summed E-state index contributed by atoms with van der Waals surface area (Å²) >= 11 is 0. The molecule has 0 aromatic carbocycles. The molecule has 84 valence electrons. The molecule has 0 radical (unpaired) electrons. The van der Waals surface area contributed by atoms with Crippen LogP contribution >= 0.6 is 0 Å². The predicted octanol–water partition coefficient (Wildman–Crippen LogP) is -0.709. The zero-order valence-electron chi connectivity index (χ0n) is 9.52. The summed E-state index contributed by atoms with van der Waals surface area (Å²) in [6, 6.07) is 0. The third kappa shape index (κ3) is 0.923. The average molecular weight is 208 g/mol. The Hall–Kier alpha value is -0.160. The van der Waals surface area contributed by atoms with Gasteiger partial charge in [-0.15, -0.1) is 0 Å². The Morgan fingerprint density at radius 3 is 1.67 bits per heavy atom. The summed E-state index contributed by atoms with van der Waals surface area (Å²) in [5, 5.41) is 0. The van der Waals surface area contributed by atoms with Gasteiger partial charge < -0.3 is 0 Å². The molecule has 4 aliphatic heterocycles. The van der Waals surface area contributed by atoms with Crippen LogP contribution in [0.5, 0.6) is 0 Å². The van der Waals surface area contributed by atoms with E-state index in [1.807, 2.05) is 0 Å². The van der Waals surface area contributed by atoms with Gasteiger partial charge in [-0.3, -0.25) is 19.6 Å². The van der Waals surface area contributed by atoms with E-state index in [2.05, 4.69) is 26.5 Å². The number of rotatable bonds is 0. The molecule has 0 unspecified atom stereocenters. The first kappa shape index (κ1) is 8.93. The van der Waals surface area contributed by atoms with Gasteiger partial charge in [0.05, 0.1) is 6.17 Å². The smallest absolute Gasteiger partial charge is 0.101 e. The van der Waals surface area contributed by atoms with Gasteiger partial charge >= 0.3 is 0 Å². The molecule has 0 amide bonds. The first-order chi connectivity index (χ1) is 7.30. The van der Waals surface area contributed by atoms with E-state index in [0.717, 1.165) is 0 Å². The molecule has 4 heteroatoms. The van der Waals surface area contributed by atoms with Crippen LogP contribution in [0.1, 0.15) is 6.92 Å². The molecular weight excluding hydrogens is 188 g/mol. The summed E-state index contributed by atoms with van der Waals surface area (Å²) in [6.07, 6.45) is 0.683. The van der Waals surface area contributed by atoms with Crippen LogP contribution in [-0.2, 0) is 0 Å². The Kier molecular flexibility index (Phi) is 1.63. The van der Waals surface area contributed by atoms with Crippen molar-refractivity contribution in [1.29, 1.82) is 0 Å². The molecule has 4 rings (SSSR count).